The van der Waals surface area contributed by atoms with E-state index in [0.717, 1.165) is 24.2 Å². The number of benzene rings is 1. The molecule has 1 fully saturated rings. The van der Waals surface area contributed by atoms with E-state index in [4.69, 9.17) is 4.74 Å². The first-order chi connectivity index (χ1) is 11.1. The third kappa shape index (κ3) is 4.03. The van der Waals surface area contributed by atoms with E-state index in [1.807, 2.05) is 43.0 Å². The van der Waals surface area contributed by atoms with Gasteiger partial charge in [-0.2, -0.15) is 0 Å². The van der Waals surface area contributed by atoms with Crippen LogP contribution in [0.15, 0.2) is 24.3 Å². The molecule has 1 aromatic rings. The maximum atomic E-state index is 12.6. The fraction of sp³-hybridized carbons (Fsp3) is 0.556. The molecule has 1 saturated heterocycles. The van der Waals surface area contributed by atoms with Crippen molar-refractivity contribution in [1.29, 1.82) is 0 Å². The number of nitrogens with zero attached hydrogens (tertiary/aromatic N) is 2. The second-order valence-corrected chi connectivity index (χ2v) is 5.78. The van der Waals surface area contributed by atoms with Crippen molar-refractivity contribution >= 4 is 11.8 Å². The third-order valence-electron chi connectivity index (χ3n) is 4.42. The molecule has 2 rings (SSSR count). The molecule has 23 heavy (non-hydrogen) atoms. The van der Waals surface area contributed by atoms with Gasteiger partial charge in [0.15, 0.2) is 0 Å². The minimum Gasteiger partial charge on any atom is -0.497 e. The molecule has 1 aliphatic rings. The van der Waals surface area contributed by atoms with E-state index in [0.29, 0.717) is 26.1 Å². The van der Waals surface area contributed by atoms with Gasteiger partial charge in [-0.15, -0.1) is 0 Å². The lowest BCUT2D eigenvalue weighted by Crippen LogP contribution is -2.48. The summed E-state index contributed by atoms with van der Waals surface area (Å²) >= 11 is 0. The van der Waals surface area contributed by atoms with Crippen molar-refractivity contribution in [2.45, 2.75) is 39.2 Å². The zero-order valence-corrected chi connectivity index (χ0v) is 14.2. The monoisotopic (exact) mass is 318 g/mol. The maximum absolute atomic E-state index is 12.6. The fourth-order valence-corrected chi connectivity index (χ4v) is 3.13. The normalized spacial score (nSPS) is 17.2. The minimum absolute atomic E-state index is 0.0151. The van der Waals surface area contributed by atoms with Gasteiger partial charge in [-0.05, 0) is 44.4 Å². The number of likely N-dealkylation sites (N-methyl/N-ethyl adjacent to an activating group) is 1. The van der Waals surface area contributed by atoms with E-state index in [-0.39, 0.29) is 17.9 Å². The number of hydrogen-bond acceptors (Lipinski definition) is 3. The summed E-state index contributed by atoms with van der Waals surface area (Å²) in [7, 11) is 1.61. The second-order valence-electron chi connectivity index (χ2n) is 5.78. The highest BCUT2D eigenvalue weighted by molar-refractivity contribution is 5.89. The molecule has 0 aliphatic carbocycles. The van der Waals surface area contributed by atoms with E-state index < -0.39 is 0 Å². The van der Waals surface area contributed by atoms with Gasteiger partial charge in [0.2, 0.25) is 11.8 Å². The number of hydrogen-bond donors (Lipinski definition) is 0. The smallest absolute Gasteiger partial charge is 0.245 e. The van der Waals surface area contributed by atoms with Crippen molar-refractivity contribution in [3.8, 4) is 5.75 Å². The summed E-state index contributed by atoms with van der Waals surface area (Å²) in [5.41, 5.74) is 0.912. The van der Waals surface area contributed by atoms with Crippen LogP contribution >= 0.6 is 0 Å². The number of likely N-dealkylation sites (tertiary alicyclic amines) is 1. The molecule has 1 aromatic carbocycles. The second kappa shape index (κ2) is 7.99. The average Bonchev–Trinajstić information content (AvgIpc) is 3.05. The quantitative estimate of drug-likeness (QED) is 0.807. The topological polar surface area (TPSA) is 49.9 Å². The van der Waals surface area contributed by atoms with E-state index in [1.54, 1.807) is 12.0 Å². The molecule has 126 valence electrons. The SMILES string of the molecule is CCN(CC)C(=O)[C@@H]1CCCN1C(=O)Cc1cccc(OC)c1. The molecule has 5 heteroatoms. The Morgan fingerprint density at radius 3 is 2.70 bits per heavy atom. The van der Waals surface area contributed by atoms with Crippen LogP contribution in [0.1, 0.15) is 32.3 Å². The average molecular weight is 318 g/mol. The summed E-state index contributed by atoms with van der Waals surface area (Å²) in [6, 6.07) is 7.22. The van der Waals surface area contributed by atoms with Crippen LogP contribution in [-0.4, -0.2) is 54.4 Å². The molecule has 0 saturated carbocycles. The molecule has 0 N–H and O–H groups in total. The largest absolute Gasteiger partial charge is 0.497 e. The van der Waals surface area contributed by atoms with Crippen molar-refractivity contribution in [2.24, 2.45) is 0 Å². The molecule has 0 radical (unpaired) electrons. The Morgan fingerprint density at radius 2 is 2.04 bits per heavy atom. The number of rotatable bonds is 6. The van der Waals surface area contributed by atoms with Gasteiger partial charge in [0, 0.05) is 19.6 Å². The predicted molar refractivity (Wildman–Crippen MR) is 89.4 cm³/mol. The fourth-order valence-electron chi connectivity index (χ4n) is 3.13. The van der Waals surface area contributed by atoms with Gasteiger partial charge in [0.1, 0.15) is 11.8 Å². The van der Waals surface area contributed by atoms with Gasteiger partial charge in [-0.1, -0.05) is 12.1 Å². The summed E-state index contributed by atoms with van der Waals surface area (Å²) in [5.74, 6) is 0.834. The predicted octanol–water partition coefficient (Wildman–Crippen LogP) is 2.10. The van der Waals surface area contributed by atoms with E-state index >= 15 is 0 Å². The minimum atomic E-state index is -0.298. The van der Waals surface area contributed by atoms with Crippen LogP contribution in [0.4, 0.5) is 0 Å². The molecule has 2 amide bonds. The van der Waals surface area contributed by atoms with Crippen molar-refractivity contribution in [3.05, 3.63) is 29.8 Å². The summed E-state index contributed by atoms with van der Waals surface area (Å²) in [4.78, 5) is 28.8. The molecule has 1 atom stereocenters. The highest BCUT2D eigenvalue weighted by Gasteiger charge is 2.35. The standard InChI is InChI=1S/C18H26N2O3/c1-4-19(5-2)18(22)16-10-7-11-20(16)17(21)13-14-8-6-9-15(12-14)23-3/h6,8-9,12,16H,4-5,7,10-11,13H2,1-3H3/t16-/m0/s1. The van der Waals surface area contributed by atoms with Crippen molar-refractivity contribution < 1.29 is 14.3 Å². The first-order valence-corrected chi connectivity index (χ1v) is 8.31. The van der Waals surface area contributed by atoms with Crippen molar-refractivity contribution in [3.63, 3.8) is 0 Å². The van der Waals surface area contributed by atoms with Gasteiger partial charge in [-0.3, -0.25) is 9.59 Å². The van der Waals surface area contributed by atoms with Gasteiger partial charge in [0.05, 0.1) is 13.5 Å². The highest BCUT2D eigenvalue weighted by atomic mass is 16.5. The maximum Gasteiger partial charge on any atom is 0.245 e. The number of carbonyl (C=O) groups is 2. The van der Waals surface area contributed by atoms with Gasteiger partial charge < -0.3 is 14.5 Å². The van der Waals surface area contributed by atoms with E-state index in [1.165, 1.54) is 0 Å². The molecular formula is C18H26N2O3. The van der Waals surface area contributed by atoms with Crippen molar-refractivity contribution in [1.82, 2.24) is 9.80 Å². The molecule has 1 aliphatic heterocycles. The Bertz CT molecular complexity index is 555. The van der Waals surface area contributed by atoms with Crippen LogP contribution in [0.3, 0.4) is 0 Å². The third-order valence-corrected chi connectivity index (χ3v) is 4.42. The summed E-state index contributed by atoms with van der Waals surface area (Å²) in [6.45, 7) is 5.98. The van der Waals surface area contributed by atoms with E-state index in [9.17, 15) is 9.59 Å². The Balaban J connectivity index is 2.06. The summed E-state index contributed by atoms with van der Waals surface area (Å²) in [5, 5.41) is 0. The van der Waals surface area contributed by atoms with Gasteiger partial charge >= 0.3 is 0 Å². The van der Waals surface area contributed by atoms with Gasteiger partial charge in [0.25, 0.3) is 0 Å². The van der Waals surface area contributed by atoms with Crippen LogP contribution in [0.25, 0.3) is 0 Å². The molecule has 0 spiro atoms. The van der Waals surface area contributed by atoms with Crippen LogP contribution in [-0.2, 0) is 16.0 Å². The summed E-state index contributed by atoms with van der Waals surface area (Å²) in [6.07, 6.45) is 1.96. The molecule has 0 aromatic heterocycles. The lowest BCUT2D eigenvalue weighted by Gasteiger charge is -2.29. The lowest BCUT2D eigenvalue weighted by atomic mass is 10.1. The zero-order chi connectivity index (χ0) is 16.8. The van der Waals surface area contributed by atoms with Crippen LogP contribution in [0, 0.1) is 0 Å². The molecule has 0 unspecified atom stereocenters. The van der Waals surface area contributed by atoms with Crippen LogP contribution in [0.5, 0.6) is 5.75 Å². The zero-order valence-electron chi connectivity index (χ0n) is 14.2. The Morgan fingerprint density at radius 1 is 1.30 bits per heavy atom. The summed E-state index contributed by atoms with van der Waals surface area (Å²) < 4.78 is 5.20. The van der Waals surface area contributed by atoms with Crippen LogP contribution in [0.2, 0.25) is 0 Å². The van der Waals surface area contributed by atoms with E-state index in [2.05, 4.69) is 0 Å². The highest BCUT2D eigenvalue weighted by Crippen LogP contribution is 2.21. The number of amides is 2. The van der Waals surface area contributed by atoms with Gasteiger partial charge in [-0.25, -0.2) is 0 Å². The lowest BCUT2D eigenvalue weighted by molar-refractivity contribution is -0.143. The molecule has 5 nitrogen and oxygen atoms in total. The Kier molecular flexibility index (Phi) is 6.02. The Labute approximate surface area is 138 Å². The van der Waals surface area contributed by atoms with Crippen LogP contribution < -0.4 is 4.74 Å². The molecule has 1 heterocycles. The first kappa shape index (κ1) is 17.3. The van der Waals surface area contributed by atoms with Crippen molar-refractivity contribution in [2.75, 3.05) is 26.7 Å². The Hall–Kier alpha value is -2.04. The first-order valence-electron chi connectivity index (χ1n) is 8.31. The number of methoxy groups -OCH3 is 1. The molecular weight excluding hydrogens is 292 g/mol. The number of ether oxygens (including phenoxy) is 1. The number of carbonyl (C=O) groups excluding carboxylic acids is 2. The molecule has 0 bridgehead atoms.